The second kappa shape index (κ2) is 14.2. The summed E-state index contributed by atoms with van der Waals surface area (Å²) in [6.45, 7) is 9.02. The third-order valence-corrected chi connectivity index (χ3v) is 3.45. The predicted octanol–water partition coefficient (Wildman–Crippen LogP) is 5.24. The van der Waals surface area contributed by atoms with E-state index in [1.165, 1.54) is 25.7 Å². The maximum absolute atomic E-state index is 5.78. The molecule has 0 amide bonds. The zero-order valence-corrected chi connectivity index (χ0v) is 12.5. The van der Waals surface area contributed by atoms with Gasteiger partial charge in [0.25, 0.3) is 0 Å². The van der Waals surface area contributed by atoms with E-state index < -0.39 is 0 Å². The van der Waals surface area contributed by atoms with Crippen molar-refractivity contribution in [3.8, 4) is 0 Å². The maximum Gasteiger partial charge on any atom is 0.155 e. The summed E-state index contributed by atoms with van der Waals surface area (Å²) < 4.78 is 11.3. The van der Waals surface area contributed by atoms with Crippen LogP contribution in [0.3, 0.4) is 0 Å². The lowest BCUT2D eigenvalue weighted by atomic mass is 10.1. The van der Waals surface area contributed by atoms with E-state index in [1.54, 1.807) is 0 Å². The molecule has 3 heteroatoms. The van der Waals surface area contributed by atoms with Gasteiger partial charge < -0.3 is 9.05 Å². The van der Waals surface area contributed by atoms with Crippen LogP contribution in [0.5, 0.6) is 0 Å². The van der Waals surface area contributed by atoms with Crippen molar-refractivity contribution in [3.63, 3.8) is 0 Å². The van der Waals surface area contributed by atoms with Gasteiger partial charge in [-0.05, 0) is 25.7 Å². The molecule has 0 aromatic carbocycles. The first-order valence-corrected chi connectivity index (χ1v) is 7.80. The lowest BCUT2D eigenvalue weighted by Crippen LogP contribution is -2.08. The minimum Gasteiger partial charge on any atom is -0.336 e. The third-order valence-electron chi connectivity index (χ3n) is 2.70. The molecule has 0 saturated carbocycles. The van der Waals surface area contributed by atoms with Gasteiger partial charge in [0.1, 0.15) is 0 Å². The van der Waals surface area contributed by atoms with E-state index in [0.717, 1.165) is 32.3 Å². The summed E-state index contributed by atoms with van der Waals surface area (Å²) in [4.78, 5) is 0. The van der Waals surface area contributed by atoms with Gasteiger partial charge in [0.05, 0.1) is 12.7 Å². The smallest absolute Gasteiger partial charge is 0.155 e. The molecule has 0 rings (SSSR count). The fourth-order valence-corrected chi connectivity index (χ4v) is 2.23. The molecule has 0 fully saturated rings. The van der Waals surface area contributed by atoms with Crippen molar-refractivity contribution in [1.29, 1.82) is 0 Å². The Balaban J connectivity index is 3.49. The van der Waals surface area contributed by atoms with Crippen molar-refractivity contribution >= 4 is 9.03 Å². The highest BCUT2D eigenvalue weighted by molar-refractivity contribution is 7.26. The van der Waals surface area contributed by atoms with Gasteiger partial charge in [-0.25, -0.2) is 0 Å². The molecule has 0 aliphatic heterocycles. The molecule has 0 bridgehead atoms. The Labute approximate surface area is 109 Å². The molecule has 0 aliphatic rings. The summed E-state index contributed by atoms with van der Waals surface area (Å²) in [7, 11) is 0.212. The van der Waals surface area contributed by atoms with Gasteiger partial charge in [0.2, 0.25) is 0 Å². The zero-order chi connectivity index (χ0) is 12.8. The highest BCUT2D eigenvalue weighted by Gasteiger charge is 2.07. The lowest BCUT2D eigenvalue weighted by Gasteiger charge is -2.16. The molecule has 0 N–H and O–H groups in total. The van der Waals surface area contributed by atoms with Gasteiger partial charge in [-0.2, -0.15) is 0 Å². The highest BCUT2D eigenvalue weighted by Crippen LogP contribution is 2.23. The van der Waals surface area contributed by atoms with Crippen molar-refractivity contribution in [1.82, 2.24) is 0 Å². The largest absolute Gasteiger partial charge is 0.336 e. The van der Waals surface area contributed by atoms with Crippen LogP contribution in [0.2, 0.25) is 0 Å². The van der Waals surface area contributed by atoms with Gasteiger partial charge in [-0.3, -0.25) is 0 Å². The van der Waals surface area contributed by atoms with E-state index in [0.29, 0.717) is 6.10 Å². The van der Waals surface area contributed by atoms with E-state index in [1.807, 2.05) is 6.08 Å². The Kier molecular flexibility index (Phi) is 14.2. The zero-order valence-electron chi connectivity index (χ0n) is 11.5. The molecule has 0 aromatic heterocycles. The minimum absolute atomic E-state index is 0.212. The van der Waals surface area contributed by atoms with Crippen molar-refractivity contribution < 1.29 is 9.05 Å². The van der Waals surface area contributed by atoms with E-state index in [4.69, 9.17) is 9.05 Å². The fourth-order valence-electron chi connectivity index (χ4n) is 1.57. The normalized spacial score (nSPS) is 13.3. The van der Waals surface area contributed by atoms with Crippen molar-refractivity contribution in [2.24, 2.45) is 0 Å². The van der Waals surface area contributed by atoms with Crippen LogP contribution in [0.15, 0.2) is 12.7 Å². The second-order valence-electron chi connectivity index (χ2n) is 4.39. The lowest BCUT2D eigenvalue weighted by molar-refractivity contribution is 0.171. The molecular weight excluding hydrogens is 231 g/mol. The van der Waals surface area contributed by atoms with E-state index >= 15 is 0 Å². The van der Waals surface area contributed by atoms with Crippen LogP contribution >= 0.6 is 9.03 Å². The molecule has 2 unspecified atom stereocenters. The quantitative estimate of drug-likeness (QED) is 0.256. The summed E-state index contributed by atoms with van der Waals surface area (Å²) in [5.74, 6) is 0. The average molecular weight is 260 g/mol. The summed E-state index contributed by atoms with van der Waals surface area (Å²) in [5.41, 5.74) is 0. The van der Waals surface area contributed by atoms with E-state index in [-0.39, 0.29) is 9.03 Å². The molecule has 0 aliphatic carbocycles. The molecule has 0 spiro atoms. The molecule has 2 nitrogen and oxygen atoms in total. The molecule has 0 saturated heterocycles. The van der Waals surface area contributed by atoms with Gasteiger partial charge in [0.15, 0.2) is 9.03 Å². The van der Waals surface area contributed by atoms with Crippen LogP contribution in [0.4, 0.5) is 0 Å². The SMILES string of the molecule is C=CCCC(CCCC)OPOCCCCC. The first-order valence-electron chi connectivity index (χ1n) is 6.98. The molecule has 2 atom stereocenters. The third kappa shape index (κ3) is 12.3. The van der Waals surface area contributed by atoms with Crippen LogP contribution in [0.25, 0.3) is 0 Å². The number of hydrogen-bond donors (Lipinski definition) is 0. The van der Waals surface area contributed by atoms with Crippen molar-refractivity contribution in [2.45, 2.75) is 71.3 Å². The summed E-state index contributed by atoms with van der Waals surface area (Å²) in [6, 6.07) is 0. The molecule has 0 heterocycles. The standard InChI is InChI=1S/C14H29O2P/c1-4-7-10-13-15-17-16-14(11-8-5-2)12-9-6-3/h5,14,17H,2,4,6-13H2,1,3H3. The topological polar surface area (TPSA) is 18.5 Å². The van der Waals surface area contributed by atoms with Crippen LogP contribution in [-0.2, 0) is 9.05 Å². The second-order valence-corrected chi connectivity index (χ2v) is 5.08. The number of rotatable bonds is 13. The summed E-state index contributed by atoms with van der Waals surface area (Å²) >= 11 is 0. The first kappa shape index (κ1) is 17.1. The van der Waals surface area contributed by atoms with Crippen LogP contribution in [0, 0.1) is 0 Å². The molecule has 102 valence electrons. The molecular formula is C14H29O2P. The first-order chi connectivity index (χ1) is 8.35. The number of unbranched alkanes of at least 4 members (excludes halogenated alkanes) is 3. The predicted molar refractivity (Wildman–Crippen MR) is 77.6 cm³/mol. The number of allylic oxidation sites excluding steroid dienone is 1. The van der Waals surface area contributed by atoms with Crippen LogP contribution in [-0.4, -0.2) is 12.7 Å². The Morgan fingerprint density at radius 1 is 1.12 bits per heavy atom. The Morgan fingerprint density at radius 3 is 2.53 bits per heavy atom. The number of hydrogen-bond acceptors (Lipinski definition) is 2. The van der Waals surface area contributed by atoms with E-state index in [9.17, 15) is 0 Å². The van der Waals surface area contributed by atoms with Gasteiger partial charge >= 0.3 is 0 Å². The Bertz CT molecular complexity index is 162. The fraction of sp³-hybridized carbons (Fsp3) is 0.857. The van der Waals surface area contributed by atoms with Crippen LogP contribution in [0.1, 0.15) is 65.2 Å². The van der Waals surface area contributed by atoms with Gasteiger partial charge in [-0.15, -0.1) is 6.58 Å². The Morgan fingerprint density at radius 2 is 1.88 bits per heavy atom. The van der Waals surface area contributed by atoms with Crippen molar-refractivity contribution in [2.75, 3.05) is 6.61 Å². The highest BCUT2D eigenvalue weighted by atomic mass is 31.1. The van der Waals surface area contributed by atoms with Crippen LogP contribution < -0.4 is 0 Å². The summed E-state index contributed by atoms with van der Waals surface area (Å²) in [5, 5.41) is 0. The van der Waals surface area contributed by atoms with E-state index in [2.05, 4.69) is 20.4 Å². The molecule has 17 heavy (non-hydrogen) atoms. The van der Waals surface area contributed by atoms with Crippen molar-refractivity contribution in [3.05, 3.63) is 12.7 Å². The monoisotopic (exact) mass is 260 g/mol. The summed E-state index contributed by atoms with van der Waals surface area (Å²) in [6.07, 6.45) is 11.7. The molecule has 0 radical (unpaired) electrons. The molecule has 0 aromatic rings. The average Bonchev–Trinajstić information content (AvgIpc) is 2.35. The minimum atomic E-state index is 0.212. The Hall–Kier alpha value is 0.0900. The van der Waals surface area contributed by atoms with Gasteiger partial charge in [-0.1, -0.05) is 45.6 Å². The van der Waals surface area contributed by atoms with Gasteiger partial charge in [0, 0.05) is 0 Å². The maximum atomic E-state index is 5.78.